The molecule has 0 radical (unpaired) electrons. The van der Waals surface area contributed by atoms with Crippen molar-refractivity contribution in [3.63, 3.8) is 0 Å². The molecule has 0 saturated heterocycles. The van der Waals surface area contributed by atoms with Crippen molar-refractivity contribution in [1.82, 2.24) is 0 Å². The van der Waals surface area contributed by atoms with Gasteiger partial charge in [-0.15, -0.1) is 0 Å². The van der Waals surface area contributed by atoms with Gasteiger partial charge in [0.2, 0.25) is 0 Å². The van der Waals surface area contributed by atoms with Crippen molar-refractivity contribution >= 4 is 17.5 Å². The van der Waals surface area contributed by atoms with Crippen LogP contribution >= 0.6 is 0 Å². The third-order valence-corrected chi connectivity index (χ3v) is 9.40. The van der Waals surface area contributed by atoms with Crippen molar-refractivity contribution < 1.29 is 0 Å². The van der Waals surface area contributed by atoms with Gasteiger partial charge in [-0.25, -0.2) is 0 Å². The summed E-state index contributed by atoms with van der Waals surface area (Å²) in [6, 6.07) is 26.9. The van der Waals surface area contributed by atoms with Crippen molar-refractivity contribution in [2.75, 3.05) is 23.9 Å². The second-order valence-electron chi connectivity index (χ2n) is 12.8. The summed E-state index contributed by atoms with van der Waals surface area (Å²) in [5.74, 6) is 1.38. The van der Waals surface area contributed by atoms with E-state index in [0.717, 1.165) is 18.9 Å². The summed E-state index contributed by atoms with van der Waals surface area (Å²) in [5, 5.41) is 0. The molecule has 2 heteroatoms. The van der Waals surface area contributed by atoms with Crippen molar-refractivity contribution in [2.45, 2.75) is 91.0 Å². The van der Waals surface area contributed by atoms with Gasteiger partial charge in [-0.2, -0.15) is 0 Å². The van der Waals surface area contributed by atoms with Gasteiger partial charge in [-0.3, -0.25) is 0 Å². The van der Waals surface area contributed by atoms with Gasteiger partial charge in [0.1, 0.15) is 0 Å². The van der Waals surface area contributed by atoms with E-state index in [1.165, 1.54) is 109 Å². The van der Waals surface area contributed by atoms with E-state index in [-0.39, 0.29) is 0 Å². The third kappa shape index (κ3) is 9.49. The lowest BCUT2D eigenvalue weighted by Gasteiger charge is -2.34. The molecule has 0 aromatic heterocycles. The van der Waals surface area contributed by atoms with Crippen LogP contribution in [0, 0.1) is 11.8 Å². The molecule has 0 aliphatic heterocycles. The van der Waals surface area contributed by atoms with Gasteiger partial charge in [0, 0.05) is 37.7 Å². The maximum atomic E-state index is 4.70. The fraction of sp³-hybridized carbons (Fsp3) is 0.429. The molecular weight excluding hydrogens is 532 g/mol. The second-order valence-corrected chi connectivity index (χ2v) is 12.8. The van der Waals surface area contributed by atoms with E-state index >= 15 is 0 Å². The Hall–Kier alpha value is -3.52. The van der Waals surface area contributed by atoms with E-state index in [4.69, 9.17) is 6.58 Å². The lowest BCUT2D eigenvalue weighted by molar-refractivity contribution is 0.358. The highest BCUT2D eigenvalue weighted by atomic mass is 15.1. The predicted octanol–water partition coefficient (Wildman–Crippen LogP) is 12.1. The van der Waals surface area contributed by atoms with Crippen molar-refractivity contribution in [3.05, 3.63) is 114 Å². The molecule has 2 saturated carbocycles. The zero-order chi connectivity index (χ0) is 31.3. The molecule has 2 fully saturated rings. The van der Waals surface area contributed by atoms with Gasteiger partial charge >= 0.3 is 0 Å². The van der Waals surface area contributed by atoms with Crippen LogP contribution in [0.2, 0.25) is 0 Å². The molecule has 0 unspecified atom stereocenters. The lowest BCUT2D eigenvalue weighted by Crippen LogP contribution is -2.27. The number of nitrogens with zero attached hydrogens (tertiary/aromatic N) is 2. The Morgan fingerprint density at radius 3 is 1.93 bits per heavy atom. The summed E-state index contributed by atoms with van der Waals surface area (Å²) in [6.45, 7) is 13.9. The molecule has 0 bridgehead atoms. The van der Waals surface area contributed by atoms with Crippen LogP contribution in [-0.4, -0.2) is 14.1 Å². The third-order valence-electron chi connectivity index (χ3n) is 9.40. The van der Waals surface area contributed by atoms with Crippen LogP contribution in [0.3, 0.4) is 0 Å². The summed E-state index contributed by atoms with van der Waals surface area (Å²) < 4.78 is 0. The van der Waals surface area contributed by atoms with E-state index in [9.17, 15) is 0 Å². The molecule has 44 heavy (non-hydrogen) atoms. The zero-order valence-corrected chi connectivity index (χ0v) is 28.0. The Balaban J connectivity index is 0.00000216. The second kappa shape index (κ2) is 17.1. The Labute approximate surface area is 269 Å². The topological polar surface area (TPSA) is 6.48 Å². The van der Waals surface area contributed by atoms with Crippen molar-refractivity contribution in [2.24, 2.45) is 11.8 Å². The lowest BCUT2D eigenvalue weighted by atomic mass is 9.85. The Bertz CT molecular complexity index is 1330. The first-order chi connectivity index (χ1) is 21.5. The van der Waals surface area contributed by atoms with Crippen LogP contribution in [0.4, 0.5) is 11.4 Å². The van der Waals surface area contributed by atoms with Crippen molar-refractivity contribution in [3.8, 4) is 11.1 Å². The fourth-order valence-electron chi connectivity index (χ4n) is 6.79. The molecule has 0 N–H and O–H groups in total. The molecule has 3 aromatic carbocycles. The van der Waals surface area contributed by atoms with Crippen LogP contribution in [0.5, 0.6) is 0 Å². The first-order valence-corrected chi connectivity index (χ1v) is 17.3. The first-order valence-electron chi connectivity index (χ1n) is 17.3. The van der Waals surface area contributed by atoms with Crippen LogP contribution in [0.25, 0.3) is 17.2 Å². The maximum absolute atomic E-state index is 4.70. The molecule has 0 spiro atoms. The minimum Gasteiger partial charge on any atom is -0.378 e. The molecule has 2 nitrogen and oxygen atoms in total. The summed E-state index contributed by atoms with van der Waals surface area (Å²) >= 11 is 0. The molecule has 2 aliphatic carbocycles. The highest BCUT2D eigenvalue weighted by Crippen LogP contribution is 2.35. The molecule has 5 rings (SSSR count). The van der Waals surface area contributed by atoms with E-state index in [0.29, 0.717) is 5.92 Å². The molecule has 3 aromatic rings. The quantitative estimate of drug-likeness (QED) is 0.206. The Morgan fingerprint density at radius 2 is 1.32 bits per heavy atom. The van der Waals surface area contributed by atoms with Crippen molar-refractivity contribution in [1.29, 1.82) is 0 Å². The number of hydrogen-bond acceptors (Lipinski definition) is 2. The van der Waals surface area contributed by atoms with Gasteiger partial charge in [0.05, 0.1) is 0 Å². The fourth-order valence-corrected chi connectivity index (χ4v) is 6.79. The van der Waals surface area contributed by atoms with Crippen LogP contribution in [0.15, 0.2) is 103 Å². The van der Waals surface area contributed by atoms with Gasteiger partial charge in [-0.05, 0) is 77.6 Å². The van der Waals surface area contributed by atoms with E-state index < -0.39 is 0 Å². The van der Waals surface area contributed by atoms with Crippen LogP contribution in [-0.2, 0) is 6.54 Å². The number of anilines is 2. The normalized spacial score (nSPS) is 15.8. The monoisotopic (exact) mass is 588 g/mol. The smallest absolute Gasteiger partial charge is 0.0478 e. The first kappa shape index (κ1) is 33.4. The largest absolute Gasteiger partial charge is 0.378 e. The molecule has 0 heterocycles. The predicted molar refractivity (Wildman–Crippen MR) is 195 cm³/mol. The summed E-state index contributed by atoms with van der Waals surface area (Å²) in [6.07, 6.45) is 19.0. The molecule has 234 valence electrons. The number of rotatable bonds is 11. The minimum absolute atomic E-state index is 0.558. The molecule has 2 aliphatic rings. The van der Waals surface area contributed by atoms with Gasteiger partial charge in [-0.1, -0.05) is 145 Å². The maximum Gasteiger partial charge on any atom is 0.0478 e. The average molecular weight is 589 g/mol. The van der Waals surface area contributed by atoms with E-state index in [2.05, 4.69) is 115 Å². The van der Waals surface area contributed by atoms with E-state index in [1.54, 1.807) is 0 Å². The van der Waals surface area contributed by atoms with E-state index in [1.807, 2.05) is 13.8 Å². The average Bonchev–Trinajstić information content (AvgIpc) is 3.08. The standard InChI is InChI=1S/C40H50N2.C2H6/c1-31(28-33-12-7-5-8-13-33)18-19-34-14-11-17-40(29-34)42(32(2)36-15-9-6-10-16-36)30-35-20-22-37(23-21-35)38-24-26-39(27-25-38)41(3)4;1-2/h11,14,17-27,29,33,36H,1-2,5-10,12-13,15-16,28,30H2,3-4H3;1-2H3/b19-18+;. The number of benzene rings is 3. The minimum atomic E-state index is 0.558. The van der Waals surface area contributed by atoms with Crippen LogP contribution < -0.4 is 9.80 Å². The summed E-state index contributed by atoms with van der Waals surface area (Å²) in [4.78, 5) is 4.62. The van der Waals surface area contributed by atoms with Gasteiger partial charge < -0.3 is 9.80 Å². The Morgan fingerprint density at radius 1 is 0.727 bits per heavy atom. The highest BCUT2D eigenvalue weighted by Gasteiger charge is 2.22. The zero-order valence-electron chi connectivity index (χ0n) is 28.0. The number of allylic oxidation sites excluding steroid dienone is 3. The molecule has 0 atom stereocenters. The van der Waals surface area contributed by atoms with Gasteiger partial charge in [0.15, 0.2) is 0 Å². The Kier molecular flexibility index (Phi) is 13.0. The SMILES string of the molecule is C=C(/C=C/c1cccc(N(Cc2ccc(-c3ccc(N(C)C)cc3)cc2)C(=C)C2CCCCC2)c1)CC1CCCCC1.CC. The van der Waals surface area contributed by atoms with Crippen LogP contribution in [0.1, 0.15) is 95.6 Å². The molecular formula is C42H56N2. The van der Waals surface area contributed by atoms with Gasteiger partial charge in [0.25, 0.3) is 0 Å². The number of hydrogen-bond donors (Lipinski definition) is 0. The molecule has 0 amide bonds. The summed E-state index contributed by atoms with van der Waals surface area (Å²) in [5.41, 5.74) is 10.0. The highest BCUT2D eigenvalue weighted by molar-refractivity contribution is 5.67. The summed E-state index contributed by atoms with van der Waals surface area (Å²) in [7, 11) is 4.16.